The monoisotopic (exact) mass is 205 g/mol. The molecule has 2 unspecified atom stereocenters. The highest BCUT2D eigenvalue weighted by atomic mass is 32.2. The highest BCUT2D eigenvalue weighted by Crippen LogP contribution is 2.05. The first-order chi connectivity index (χ1) is 6.22. The van der Waals surface area contributed by atoms with Gasteiger partial charge >= 0.3 is 0 Å². The number of unbranched alkanes of at least 4 members (excludes halogenated alkanes) is 3. The van der Waals surface area contributed by atoms with Gasteiger partial charge in [0.1, 0.15) is 0 Å². The van der Waals surface area contributed by atoms with Crippen molar-refractivity contribution in [2.45, 2.75) is 51.2 Å². The zero-order valence-corrected chi connectivity index (χ0v) is 9.74. The lowest BCUT2D eigenvalue weighted by atomic mass is 10.2. The Hall–Kier alpha value is 0.110. The van der Waals surface area contributed by atoms with Gasteiger partial charge in [-0.3, -0.25) is 4.21 Å². The second kappa shape index (κ2) is 8.70. The van der Waals surface area contributed by atoms with Crippen LogP contribution in [0.3, 0.4) is 0 Å². The molecule has 2 nitrogen and oxygen atoms in total. The van der Waals surface area contributed by atoms with Crippen molar-refractivity contribution in [3.63, 3.8) is 0 Å². The summed E-state index contributed by atoms with van der Waals surface area (Å²) in [6.07, 6.45) is 5.72. The molecule has 0 amide bonds. The molecular formula is C10H23NOS. The highest BCUT2D eigenvalue weighted by molar-refractivity contribution is 7.85. The Balaban J connectivity index is 3.38. The van der Waals surface area contributed by atoms with Crippen molar-refractivity contribution in [1.29, 1.82) is 0 Å². The molecule has 0 aromatic rings. The van der Waals surface area contributed by atoms with Gasteiger partial charge in [0.05, 0.1) is 0 Å². The van der Waals surface area contributed by atoms with E-state index < -0.39 is 10.8 Å². The molecule has 0 aromatic carbocycles. The summed E-state index contributed by atoms with van der Waals surface area (Å²) < 4.78 is 11.6. The molecular weight excluding hydrogens is 182 g/mol. The molecule has 0 bridgehead atoms. The molecule has 0 aliphatic carbocycles. The number of nitrogens with two attached hydrogens (primary N) is 1. The van der Waals surface area contributed by atoms with Gasteiger partial charge in [-0.25, -0.2) is 0 Å². The van der Waals surface area contributed by atoms with E-state index in [1.807, 2.05) is 6.92 Å². The van der Waals surface area contributed by atoms with Gasteiger partial charge < -0.3 is 5.73 Å². The van der Waals surface area contributed by atoms with Crippen LogP contribution in [-0.2, 0) is 10.8 Å². The highest BCUT2D eigenvalue weighted by Gasteiger charge is 2.08. The van der Waals surface area contributed by atoms with E-state index in [9.17, 15) is 4.21 Å². The van der Waals surface area contributed by atoms with E-state index in [0.29, 0.717) is 6.54 Å². The molecule has 3 heteroatoms. The first-order valence-electron chi connectivity index (χ1n) is 5.29. The van der Waals surface area contributed by atoms with Crippen LogP contribution >= 0.6 is 0 Å². The van der Waals surface area contributed by atoms with Gasteiger partial charge in [0.15, 0.2) is 0 Å². The summed E-state index contributed by atoms with van der Waals surface area (Å²) >= 11 is 0. The fourth-order valence-corrected chi connectivity index (χ4v) is 2.53. The Kier molecular flexibility index (Phi) is 8.77. The molecule has 0 aromatic heterocycles. The van der Waals surface area contributed by atoms with Crippen molar-refractivity contribution in [2.75, 3.05) is 12.3 Å². The van der Waals surface area contributed by atoms with Crippen LogP contribution in [0.5, 0.6) is 0 Å². The van der Waals surface area contributed by atoms with E-state index in [1.54, 1.807) is 0 Å². The molecule has 13 heavy (non-hydrogen) atoms. The third-order valence-corrected chi connectivity index (χ3v) is 4.05. The predicted molar refractivity (Wildman–Crippen MR) is 60.3 cm³/mol. The zero-order valence-electron chi connectivity index (χ0n) is 8.92. The molecule has 0 aliphatic rings. The Morgan fingerprint density at radius 2 is 2.00 bits per heavy atom. The summed E-state index contributed by atoms with van der Waals surface area (Å²) in [6, 6.07) is 0. The van der Waals surface area contributed by atoms with Crippen LogP contribution in [-0.4, -0.2) is 21.8 Å². The summed E-state index contributed by atoms with van der Waals surface area (Å²) in [5.74, 6) is 0.862. The van der Waals surface area contributed by atoms with Crippen molar-refractivity contribution >= 4 is 10.8 Å². The quantitative estimate of drug-likeness (QED) is 0.616. The fourth-order valence-electron chi connectivity index (χ4n) is 1.24. The van der Waals surface area contributed by atoms with E-state index in [4.69, 9.17) is 5.73 Å². The molecule has 0 rings (SSSR count). The molecule has 0 heterocycles. The van der Waals surface area contributed by atoms with Crippen molar-refractivity contribution < 1.29 is 4.21 Å². The average Bonchev–Trinajstić information content (AvgIpc) is 2.12. The second-order valence-electron chi connectivity index (χ2n) is 3.53. The summed E-state index contributed by atoms with van der Waals surface area (Å²) in [4.78, 5) is 0. The third kappa shape index (κ3) is 7.20. The molecule has 0 spiro atoms. The smallest absolute Gasteiger partial charge is 0.0331 e. The summed E-state index contributed by atoms with van der Waals surface area (Å²) in [6.45, 7) is 4.87. The minimum Gasteiger partial charge on any atom is -0.330 e. The average molecular weight is 205 g/mol. The number of hydrogen-bond acceptors (Lipinski definition) is 2. The SMILES string of the molecule is CCCCCCS(=O)C(C)CCN. The topological polar surface area (TPSA) is 43.1 Å². The first-order valence-corrected chi connectivity index (χ1v) is 6.67. The van der Waals surface area contributed by atoms with Gasteiger partial charge in [0.25, 0.3) is 0 Å². The van der Waals surface area contributed by atoms with Crippen LogP contribution in [0, 0.1) is 0 Å². The normalized spacial score (nSPS) is 15.6. The second-order valence-corrected chi connectivity index (χ2v) is 5.51. The van der Waals surface area contributed by atoms with Gasteiger partial charge in [-0.1, -0.05) is 33.1 Å². The van der Waals surface area contributed by atoms with Gasteiger partial charge in [-0.2, -0.15) is 0 Å². The van der Waals surface area contributed by atoms with Crippen LogP contribution in [0.4, 0.5) is 0 Å². The maximum Gasteiger partial charge on any atom is 0.0331 e. The van der Waals surface area contributed by atoms with Gasteiger partial charge in [0, 0.05) is 21.8 Å². The summed E-state index contributed by atoms with van der Waals surface area (Å²) in [7, 11) is -0.648. The van der Waals surface area contributed by atoms with Crippen LogP contribution in [0.25, 0.3) is 0 Å². The van der Waals surface area contributed by atoms with Crippen molar-refractivity contribution in [2.24, 2.45) is 5.73 Å². The standard InChI is InChI=1S/C10H23NOS/c1-3-4-5-6-9-13(12)10(2)7-8-11/h10H,3-9,11H2,1-2H3. The fraction of sp³-hybridized carbons (Fsp3) is 1.00. The van der Waals surface area contributed by atoms with E-state index in [-0.39, 0.29) is 5.25 Å². The van der Waals surface area contributed by atoms with Crippen LogP contribution < -0.4 is 5.73 Å². The minimum atomic E-state index is -0.648. The van der Waals surface area contributed by atoms with Gasteiger partial charge in [0.2, 0.25) is 0 Å². The maximum atomic E-state index is 11.6. The van der Waals surface area contributed by atoms with E-state index in [2.05, 4.69) is 6.92 Å². The van der Waals surface area contributed by atoms with E-state index >= 15 is 0 Å². The maximum absolute atomic E-state index is 11.6. The van der Waals surface area contributed by atoms with Gasteiger partial charge in [-0.15, -0.1) is 0 Å². The van der Waals surface area contributed by atoms with Crippen molar-refractivity contribution in [3.05, 3.63) is 0 Å². The molecule has 0 saturated carbocycles. The Morgan fingerprint density at radius 3 is 2.54 bits per heavy atom. The summed E-state index contributed by atoms with van der Waals surface area (Å²) in [5.41, 5.74) is 5.41. The first kappa shape index (κ1) is 13.1. The number of rotatable bonds is 8. The lowest BCUT2D eigenvalue weighted by molar-refractivity contribution is 0.653. The third-order valence-electron chi connectivity index (χ3n) is 2.22. The van der Waals surface area contributed by atoms with Crippen molar-refractivity contribution in [1.82, 2.24) is 0 Å². The van der Waals surface area contributed by atoms with E-state index in [1.165, 1.54) is 19.3 Å². The number of hydrogen-bond donors (Lipinski definition) is 1. The van der Waals surface area contributed by atoms with E-state index in [0.717, 1.165) is 18.6 Å². The molecule has 0 aliphatic heterocycles. The Bertz CT molecular complexity index is 139. The lowest BCUT2D eigenvalue weighted by Crippen LogP contribution is -2.18. The summed E-state index contributed by atoms with van der Waals surface area (Å²) in [5, 5.41) is 0.284. The molecule has 0 radical (unpaired) electrons. The molecule has 2 N–H and O–H groups in total. The molecule has 2 atom stereocenters. The molecule has 0 saturated heterocycles. The van der Waals surface area contributed by atoms with Crippen LogP contribution in [0.1, 0.15) is 46.0 Å². The Labute approximate surface area is 84.7 Å². The molecule has 80 valence electrons. The minimum absolute atomic E-state index is 0.284. The zero-order chi connectivity index (χ0) is 10.1. The van der Waals surface area contributed by atoms with Crippen molar-refractivity contribution in [3.8, 4) is 0 Å². The molecule has 0 fully saturated rings. The largest absolute Gasteiger partial charge is 0.330 e. The van der Waals surface area contributed by atoms with Crippen LogP contribution in [0.2, 0.25) is 0 Å². The lowest BCUT2D eigenvalue weighted by Gasteiger charge is -2.09. The van der Waals surface area contributed by atoms with Crippen LogP contribution in [0.15, 0.2) is 0 Å². The predicted octanol–water partition coefficient (Wildman–Crippen LogP) is 2.05. The Morgan fingerprint density at radius 1 is 1.31 bits per heavy atom. The van der Waals surface area contributed by atoms with Gasteiger partial charge in [-0.05, 0) is 19.4 Å².